The van der Waals surface area contributed by atoms with Gasteiger partial charge in [0.25, 0.3) is 5.91 Å². The number of carbonyl (C=O) groups is 2. The number of hydrogen-bond donors (Lipinski definition) is 0. The van der Waals surface area contributed by atoms with E-state index in [1.54, 1.807) is 6.92 Å². The molecule has 1 aromatic rings. The molecular weight excluding hydrogens is 301 g/mol. The quantitative estimate of drug-likeness (QED) is 0.637. The van der Waals surface area contributed by atoms with E-state index in [0.717, 1.165) is 0 Å². The average Bonchev–Trinajstić information content (AvgIpc) is 2.76. The molecule has 5 nitrogen and oxygen atoms in total. The van der Waals surface area contributed by atoms with E-state index in [1.807, 2.05) is 0 Å². The van der Waals surface area contributed by atoms with E-state index in [2.05, 4.69) is 11.7 Å². The molecular formula is C14H11F3N2O3. The molecule has 2 rings (SSSR count). The second-order valence-corrected chi connectivity index (χ2v) is 4.31. The Bertz CT molecular complexity index is 680. The summed E-state index contributed by atoms with van der Waals surface area (Å²) in [5.74, 6) is -1.64. The van der Waals surface area contributed by atoms with Crippen molar-refractivity contribution in [2.24, 2.45) is 5.10 Å². The van der Waals surface area contributed by atoms with Crippen LogP contribution in [-0.4, -0.2) is 30.4 Å². The van der Waals surface area contributed by atoms with Gasteiger partial charge in [0.2, 0.25) is 0 Å². The first-order valence-corrected chi connectivity index (χ1v) is 6.22. The molecule has 1 amide bonds. The maximum absolute atomic E-state index is 12.7. The molecule has 1 heterocycles. The zero-order valence-electron chi connectivity index (χ0n) is 11.5. The Morgan fingerprint density at radius 1 is 1.41 bits per heavy atom. The van der Waals surface area contributed by atoms with E-state index in [1.165, 1.54) is 24.3 Å². The van der Waals surface area contributed by atoms with Crippen LogP contribution in [0.15, 0.2) is 41.5 Å². The van der Waals surface area contributed by atoms with E-state index < -0.39 is 29.3 Å². The second kappa shape index (κ2) is 5.63. The first kappa shape index (κ1) is 15.7. The number of benzene rings is 1. The van der Waals surface area contributed by atoms with E-state index in [9.17, 15) is 22.8 Å². The van der Waals surface area contributed by atoms with Crippen LogP contribution >= 0.6 is 0 Å². The third-order valence-electron chi connectivity index (χ3n) is 2.81. The number of esters is 1. The third kappa shape index (κ3) is 2.85. The van der Waals surface area contributed by atoms with E-state index in [0.29, 0.717) is 5.01 Å². The first-order valence-electron chi connectivity index (χ1n) is 6.22. The van der Waals surface area contributed by atoms with Gasteiger partial charge in [-0.15, -0.1) is 0 Å². The second-order valence-electron chi connectivity index (χ2n) is 4.31. The number of hydrazone groups is 1. The lowest BCUT2D eigenvalue weighted by Crippen LogP contribution is -2.24. The van der Waals surface area contributed by atoms with Crippen molar-refractivity contribution < 1.29 is 27.5 Å². The highest BCUT2D eigenvalue weighted by molar-refractivity contribution is 6.31. The third-order valence-corrected chi connectivity index (χ3v) is 2.81. The number of halogens is 3. The van der Waals surface area contributed by atoms with Crippen LogP contribution in [0.3, 0.4) is 0 Å². The summed E-state index contributed by atoms with van der Waals surface area (Å²) in [4.78, 5) is 23.5. The van der Waals surface area contributed by atoms with Gasteiger partial charge in [-0.2, -0.15) is 23.3 Å². The first-order chi connectivity index (χ1) is 10.3. The van der Waals surface area contributed by atoms with Crippen molar-refractivity contribution >= 4 is 23.3 Å². The van der Waals surface area contributed by atoms with E-state index >= 15 is 0 Å². The number of nitrogens with zero attached hydrogens (tertiary/aromatic N) is 2. The molecule has 116 valence electrons. The van der Waals surface area contributed by atoms with E-state index in [-0.39, 0.29) is 17.9 Å². The molecule has 0 aromatic heterocycles. The predicted molar refractivity (Wildman–Crippen MR) is 72.5 cm³/mol. The molecule has 0 N–H and O–H groups in total. The molecule has 0 unspecified atom stereocenters. The standard InChI is InChI=1S/C14H11F3N2O3/c1-3-22-13(21)9-5-4-6-10(7-9)19-12(20)8(2)11(18-19)14(15,16)17/h4-7H,2-3H2,1H3. The Balaban J connectivity index is 2.38. The summed E-state index contributed by atoms with van der Waals surface area (Å²) in [5.41, 5.74) is -1.96. The number of carbonyl (C=O) groups excluding carboxylic acids is 2. The van der Waals surface area contributed by atoms with Crippen LogP contribution in [0.25, 0.3) is 0 Å². The highest BCUT2D eigenvalue weighted by Crippen LogP contribution is 2.31. The van der Waals surface area contributed by atoms with Crippen LogP contribution in [0.5, 0.6) is 0 Å². The maximum atomic E-state index is 12.7. The van der Waals surface area contributed by atoms with E-state index in [4.69, 9.17) is 4.74 Å². The topological polar surface area (TPSA) is 59.0 Å². The van der Waals surface area contributed by atoms with Gasteiger partial charge in [-0.05, 0) is 25.1 Å². The zero-order chi connectivity index (χ0) is 16.5. The smallest absolute Gasteiger partial charge is 0.435 e. The molecule has 0 spiro atoms. The normalized spacial score (nSPS) is 15.1. The van der Waals surface area contributed by atoms with Gasteiger partial charge in [-0.1, -0.05) is 12.6 Å². The molecule has 0 saturated heterocycles. The molecule has 0 atom stereocenters. The molecule has 0 radical (unpaired) electrons. The van der Waals surface area contributed by atoms with Crippen LogP contribution in [0, 0.1) is 0 Å². The summed E-state index contributed by atoms with van der Waals surface area (Å²) in [7, 11) is 0. The molecule has 1 aliphatic rings. The molecule has 22 heavy (non-hydrogen) atoms. The monoisotopic (exact) mass is 312 g/mol. The lowest BCUT2D eigenvalue weighted by atomic mass is 10.1. The van der Waals surface area contributed by atoms with Crippen molar-refractivity contribution in [2.45, 2.75) is 13.1 Å². The predicted octanol–water partition coefficient (Wildman–Crippen LogP) is 2.68. The number of rotatable bonds is 3. The zero-order valence-corrected chi connectivity index (χ0v) is 11.5. The van der Waals surface area contributed by atoms with Crippen LogP contribution in [0.1, 0.15) is 17.3 Å². The van der Waals surface area contributed by atoms with Gasteiger partial charge >= 0.3 is 12.1 Å². The Morgan fingerprint density at radius 3 is 2.64 bits per heavy atom. The van der Waals surface area contributed by atoms with Gasteiger partial charge in [0, 0.05) is 0 Å². The van der Waals surface area contributed by atoms with Crippen molar-refractivity contribution in [1.82, 2.24) is 0 Å². The van der Waals surface area contributed by atoms with Crippen LogP contribution in [0.2, 0.25) is 0 Å². The minimum atomic E-state index is -4.78. The number of anilines is 1. The Hall–Kier alpha value is -2.64. The summed E-state index contributed by atoms with van der Waals surface area (Å²) < 4.78 is 43.0. The van der Waals surface area contributed by atoms with Gasteiger partial charge in [-0.25, -0.2) is 4.79 Å². The number of alkyl halides is 3. The summed E-state index contributed by atoms with van der Waals surface area (Å²) >= 11 is 0. The molecule has 1 aromatic carbocycles. The van der Waals surface area contributed by atoms with Crippen LogP contribution < -0.4 is 5.01 Å². The lowest BCUT2D eigenvalue weighted by molar-refractivity contribution is -0.114. The summed E-state index contributed by atoms with van der Waals surface area (Å²) in [5, 5.41) is 3.83. The van der Waals surface area contributed by atoms with Gasteiger partial charge in [0.05, 0.1) is 23.4 Å². The minimum absolute atomic E-state index is 0.0240. The summed E-state index contributed by atoms with van der Waals surface area (Å²) in [6, 6.07) is 5.42. The van der Waals surface area contributed by atoms with Crippen molar-refractivity contribution in [3.8, 4) is 0 Å². The van der Waals surface area contributed by atoms with Crippen molar-refractivity contribution in [2.75, 3.05) is 11.6 Å². The van der Waals surface area contributed by atoms with Gasteiger partial charge in [0.15, 0.2) is 5.71 Å². The fourth-order valence-electron chi connectivity index (χ4n) is 1.82. The molecule has 0 fully saturated rings. The maximum Gasteiger partial charge on any atom is 0.435 e. The van der Waals surface area contributed by atoms with Gasteiger partial charge < -0.3 is 4.74 Å². The highest BCUT2D eigenvalue weighted by Gasteiger charge is 2.45. The van der Waals surface area contributed by atoms with Crippen molar-refractivity contribution in [1.29, 1.82) is 0 Å². The molecule has 8 heteroatoms. The fourth-order valence-corrected chi connectivity index (χ4v) is 1.82. The van der Waals surface area contributed by atoms with Gasteiger partial charge in [-0.3, -0.25) is 4.79 Å². The molecule has 0 aliphatic carbocycles. The Kier molecular flexibility index (Phi) is 4.03. The van der Waals surface area contributed by atoms with Gasteiger partial charge in [0.1, 0.15) is 0 Å². The number of hydrogen-bond acceptors (Lipinski definition) is 4. The minimum Gasteiger partial charge on any atom is -0.462 e. The van der Waals surface area contributed by atoms with Crippen LogP contribution in [0.4, 0.5) is 18.9 Å². The van der Waals surface area contributed by atoms with Crippen molar-refractivity contribution in [3.05, 3.63) is 42.0 Å². The summed E-state index contributed by atoms with van der Waals surface area (Å²) in [6.45, 7) is 4.88. The van der Waals surface area contributed by atoms with Crippen LogP contribution in [-0.2, 0) is 9.53 Å². The molecule has 0 bridgehead atoms. The Labute approximate surface area is 123 Å². The Morgan fingerprint density at radius 2 is 2.09 bits per heavy atom. The van der Waals surface area contributed by atoms with Crippen molar-refractivity contribution in [3.63, 3.8) is 0 Å². The fraction of sp³-hybridized carbons (Fsp3) is 0.214. The highest BCUT2D eigenvalue weighted by atomic mass is 19.4. The average molecular weight is 312 g/mol. The summed E-state index contributed by atoms with van der Waals surface area (Å²) in [6.07, 6.45) is -4.78. The largest absolute Gasteiger partial charge is 0.462 e. The molecule has 0 saturated carbocycles. The lowest BCUT2D eigenvalue weighted by Gasteiger charge is -2.12. The number of amides is 1. The SMILES string of the molecule is C=C1C(=O)N(c2cccc(C(=O)OCC)c2)N=C1C(F)(F)F. The number of ether oxygens (including phenoxy) is 1. The molecule has 1 aliphatic heterocycles.